The summed E-state index contributed by atoms with van der Waals surface area (Å²) >= 11 is 8.96. The molecule has 8 nitrogen and oxygen atoms in total. The third kappa shape index (κ3) is 7.53. The van der Waals surface area contributed by atoms with Crippen molar-refractivity contribution < 1.29 is 24.2 Å². The number of ketones is 1. The Labute approximate surface area is 308 Å². The Morgan fingerprint density at radius 2 is 1.53 bits per heavy atom. The average molecular weight is 732 g/mol. The van der Waals surface area contributed by atoms with Crippen molar-refractivity contribution in [2.45, 2.75) is 29.7 Å². The van der Waals surface area contributed by atoms with E-state index >= 15 is 0 Å². The molecule has 5 aromatic carbocycles. The summed E-state index contributed by atoms with van der Waals surface area (Å²) in [5.74, 6) is 0.262. The number of aryl methyl sites for hydroxylation is 1. The normalized spacial score (nSPS) is 15.3. The van der Waals surface area contributed by atoms with Gasteiger partial charge in [0.1, 0.15) is 29.6 Å². The van der Waals surface area contributed by atoms with Crippen LogP contribution in [0.3, 0.4) is 0 Å². The minimum atomic E-state index is -1.02. The Hall–Kier alpha value is -5.42. The minimum absolute atomic E-state index is 0.0779. The number of para-hydroxylation sites is 1. The van der Waals surface area contributed by atoms with Crippen LogP contribution in [-0.2, 0) is 21.9 Å². The molecule has 0 spiro atoms. The summed E-state index contributed by atoms with van der Waals surface area (Å²) in [5.41, 5.74) is 3.93. The van der Waals surface area contributed by atoms with Gasteiger partial charge in [-0.25, -0.2) is 0 Å². The molecule has 1 atom stereocenters. The van der Waals surface area contributed by atoms with Crippen LogP contribution in [0.5, 0.6) is 17.2 Å². The second-order valence-electron chi connectivity index (χ2n) is 11.6. The number of aliphatic hydroxyl groups excluding tert-OH is 1. The van der Waals surface area contributed by atoms with Crippen LogP contribution in [0.25, 0.3) is 5.76 Å². The Balaban J connectivity index is 1.22. The molecule has 1 saturated heterocycles. The highest BCUT2D eigenvalue weighted by atomic mass is 35.5. The standard InChI is InChI=1S/C40H30ClN3O5S2/c1-25-10-5-6-11-28(25)23-48-30-20-18-26(19-21-30)36(45)34-35(27-13-9-16-32(22-27)49-31-14-3-2-4-15-31)44(38(47)37(34)46)39-42-43-40(51-39)50-24-29-12-7-8-17-33(29)41/h2-22,35,45H,23-24H2,1H3. The van der Waals surface area contributed by atoms with E-state index < -0.39 is 17.7 Å². The SMILES string of the molecule is Cc1ccccc1COc1ccc(C(O)=C2C(=O)C(=O)N(c3nnc(SCc4ccccc4Cl)s3)C2c2cccc(Oc3ccccc3)c2)cc1. The van der Waals surface area contributed by atoms with Crippen LogP contribution in [-0.4, -0.2) is 27.0 Å². The lowest BCUT2D eigenvalue weighted by molar-refractivity contribution is -0.132. The Bertz CT molecular complexity index is 2240. The lowest BCUT2D eigenvalue weighted by Gasteiger charge is -2.23. The van der Waals surface area contributed by atoms with Crippen molar-refractivity contribution in [3.63, 3.8) is 0 Å². The molecule has 11 heteroatoms. The molecule has 1 N–H and O–H groups in total. The van der Waals surface area contributed by atoms with Crippen molar-refractivity contribution in [3.8, 4) is 17.2 Å². The number of aliphatic hydroxyl groups is 1. The first-order chi connectivity index (χ1) is 24.9. The maximum atomic E-state index is 13.8. The molecule has 51 heavy (non-hydrogen) atoms. The van der Waals surface area contributed by atoms with Gasteiger partial charge in [-0.2, -0.15) is 0 Å². The lowest BCUT2D eigenvalue weighted by atomic mass is 9.95. The van der Waals surface area contributed by atoms with E-state index in [0.29, 0.717) is 50.1 Å². The summed E-state index contributed by atoms with van der Waals surface area (Å²) < 4.78 is 12.7. The van der Waals surface area contributed by atoms with Crippen LogP contribution in [0.1, 0.15) is 33.9 Å². The number of ether oxygens (including phenoxy) is 2. The monoisotopic (exact) mass is 731 g/mol. The maximum Gasteiger partial charge on any atom is 0.301 e. The number of amides is 1. The summed E-state index contributed by atoms with van der Waals surface area (Å²) in [6.45, 7) is 2.41. The van der Waals surface area contributed by atoms with E-state index in [9.17, 15) is 14.7 Å². The molecule has 0 saturated carbocycles. The second-order valence-corrected chi connectivity index (χ2v) is 14.2. The van der Waals surface area contributed by atoms with E-state index in [0.717, 1.165) is 16.7 Å². The molecule has 2 heterocycles. The fourth-order valence-electron chi connectivity index (χ4n) is 5.63. The van der Waals surface area contributed by atoms with E-state index in [-0.39, 0.29) is 16.5 Å². The summed E-state index contributed by atoms with van der Waals surface area (Å²) in [6.07, 6.45) is 0. The highest BCUT2D eigenvalue weighted by Crippen LogP contribution is 2.45. The number of thioether (sulfide) groups is 1. The molecule has 1 aliphatic rings. The quantitative estimate of drug-likeness (QED) is 0.0462. The van der Waals surface area contributed by atoms with Crippen LogP contribution in [0.15, 0.2) is 137 Å². The molecule has 1 amide bonds. The highest BCUT2D eigenvalue weighted by Gasteiger charge is 2.48. The number of Topliss-reactive ketones (excluding diaryl/α,β-unsaturated/α-hetero) is 1. The molecular weight excluding hydrogens is 702 g/mol. The van der Waals surface area contributed by atoms with Crippen LogP contribution < -0.4 is 14.4 Å². The largest absolute Gasteiger partial charge is 0.507 e. The third-order valence-electron chi connectivity index (χ3n) is 8.29. The number of rotatable bonds is 11. The van der Waals surface area contributed by atoms with Crippen LogP contribution in [0, 0.1) is 6.92 Å². The van der Waals surface area contributed by atoms with Crippen LogP contribution >= 0.6 is 34.7 Å². The number of halogens is 1. The van der Waals surface area contributed by atoms with Gasteiger partial charge in [0.15, 0.2) is 4.34 Å². The molecule has 0 radical (unpaired) electrons. The van der Waals surface area contributed by atoms with E-state index in [1.54, 1.807) is 48.5 Å². The van der Waals surface area contributed by atoms with Crippen molar-refractivity contribution in [1.82, 2.24) is 10.2 Å². The predicted octanol–water partition coefficient (Wildman–Crippen LogP) is 9.79. The zero-order chi connectivity index (χ0) is 35.3. The summed E-state index contributed by atoms with van der Waals surface area (Å²) in [6, 6.07) is 37.6. The number of aromatic nitrogens is 2. The number of hydrogen-bond donors (Lipinski definition) is 1. The van der Waals surface area contributed by atoms with Crippen molar-refractivity contribution in [2.75, 3.05) is 4.90 Å². The fraction of sp³-hybridized carbons (Fsp3) is 0.100. The van der Waals surface area contributed by atoms with E-state index in [1.807, 2.05) is 85.8 Å². The van der Waals surface area contributed by atoms with Gasteiger partial charge >= 0.3 is 5.91 Å². The van der Waals surface area contributed by atoms with E-state index in [1.165, 1.54) is 28.0 Å². The van der Waals surface area contributed by atoms with Crippen molar-refractivity contribution >= 4 is 57.3 Å². The molecular formula is C40H30ClN3O5S2. The summed E-state index contributed by atoms with van der Waals surface area (Å²) in [7, 11) is 0. The Morgan fingerprint density at radius 1 is 0.824 bits per heavy atom. The minimum Gasteiger partial charge on any atom is -0.507 e. The molecule has 1 aliphatic heterocycles. The predicted molar refractivity (Wildman–Crippen MR) is 201 cm³/mol. The zero-order valence-corrected chi connectivity index (χ0v) is 29.6. The molecule has 7 rings (SSSR count). The molecule has 0 bridgehead atoms. The molecule has 1 unspecified atom stereocenters. The van der Waals surface area contributed by atoms with Crippen LogP contribution in [0.2, 0.25) is 5.02 Å². The van der Waals surface area contributed by atoms with Crippen molar-refractivity contribution in [3.05, 3.63) is 166 Å². The number of carbonyl (C=O) groups excluding carboxylic acids is 2. The van der Waals surface area contributed by atoms with Gasteiger partial charge < -0.3 is 14.6 Å². The molecule has 254 valence electrons. The third-order valence-corrected chi connectivity index (χ3v) is 10.8. The number of hydrogen-bond acceptors (Lipinski definition) is 9. The van der Waals surface area contributed by atoms with Gasteiger partial charge in [-0.05, 0) is 83.8 Å². The number of anilines is 1. The maximum absolute atomic E-state index is 13.8. The molecule has 1 aromatic heterocycles. The van der Waals surface area contributed by atoms with Gasteiger partial charge in [0, 0.05) is 16.3 Å². The van der Waals surface area contributed by atoms with Gasteiger partial charge in [-0.15, -0.1) is 10.2 Å². The van der Waals surface area contributed by atoms with Gasteiger partial charge in [-0.3, -0.25) is 14.5 Å². The Morgan fingerprint density at radius 3 is 2.29 bits per heavy atom. The van der Waals surface area contributed by atoms with Gasteiger partial charge in [0.05, 0.1) is 11.6 Å². The first-order valence-corrected chi connectivity index (χ1v) is 18.1. The van der Waals surface area contributed by atoms with Crippen molar-refractivity contribution in [2.24, 2.45) is 0 Å². The van der Waals surface area contributed by atoms with E-state index in [2.05, 4.69) is 10.2 Å². The zero-order valence-electron chi connectivity index (χ0n) is 27.2. The first-order valence-electron chi connectivity index (χ1n) is 16.0. The van der Waals surface area contributed by atoms with Crippen molar-refractivity contribution in [1.29, 1.82) is 0 Å². The topological polar surface area (TPSA) is 102 Å². The Kier molecular flexibility index (Phi) is 10.2. The van der Waals surface area contributed by atoms with E-state index in [4.69, 9.17) is 21.1 Å². The summed E-state index contributed by atoms with van der Waals surface area (Å²) in [4.78, 5) is 29.0. The number of nitrogens with zero attached hydrogens (tertiary/aromatic N) is 3. The highest BCUT2D eigenvalue weighted by molar-refractivity contribution is 8.00. The molecule has 0 aliphatic carbocycles. The second kappa shape index (κ2) is 15.2. The number of benzene rings is 5. The summed E-state index contributed by atoms with van der Waals surface area (Å²) in [5, 5.41) is 21.3. The average Bonchev–Trinajstić information content (AvgIpc) is 3.72. The molecule has 6 aromatic rings. The van der Waals surface area contributed by atoms with Crippen LogP contribution in [0.4, 0.5) is 5.13 Å². The molecule has 1 fully saturated rings. The number of carbonyl (C=O) groups is 2. The smallest absolute Gasteiger partial charge is 0.301 e. The first kappa shape index (κ1) is 34.0. The van der Waals surface area contributed by atoms with Gasteiger partial charge in [0.2, 0.25) is 5.13 Å². The lowest BCUT2D eigenvalue weighted by Crippen LogP contribution is -2.29. The van der Waals surface area contributed by atoms with Gasteiger partial charge in [0.25, 0.3) is 5.78 Å². The van der Waals surface area contributed by atoms with Gasteiger partial charge in [-0.1, -0.05) is 107 Å². The fourth-order valence-corrected chi connectivity index (χ4v) is 7.78.